The summed E-state index contributed by atoms with van der Waals surface area (Å²) in [7, 11) is 1.25. The molecule has 82 heavy (non-hydrogen) atoms. The number of nitrogens with zero attached hydrogens (tertiary/aromatic N) is 1. The summed E-state index contributed by atoms with van der Waals surface area (Å²) in [5, 5.41) is 13.9. The van der Waals surface area contributed by atoms with Crippen molar-refractivity contribution in [2.75, 3.05) is 40.9 Å². The smallest absolute Gasteiger partial charge is 0.268 e. The molecule has 3 unspecified atom stereocenters. The normalized spacial score (nSPS) is 14.5. The minimum Gasteiger partial charge on any atom is -0.756 e. The number of allylic oxidation sites excluding steroid dienone is 19. The van der Waals surface area contributed by atoms with Gasteiger partial charge in [-0.1, -0.05) is 309 Å². The molecular formula is C73H129N2O6P. The fourth-order valence-corrected chi connectivity index (χ4v) is 10.2. The molecule has 0 radical (unpaired) electrons. The molecule has 0 saturated carbocycles. The summed E-state index contributed by atoms with van der Waals surface area (Å²) in [5.41, 5.74) is 0. The Kier molecular flexibility index (Phi) is 60.1. The molecule has 0 spiro atoms. The molecule has 1 amide bonds. The van der Waals surface area contributed by atoms with E-state index in [2.05, 4.69) is 129 Å². The number of amides is 1. The fraction of sp³-hybridized carbons (Fsp3) is 0.712. The van der Waals surface area contributed by atoms with Crippen molar-refractivity contribution in [1.29, 1.82) is 0 Å². The van der Waals surface area contributed by atoms with E-state index in [1.165, 1.54) is 161 Å². The number of nitrogens with one attached hydrogen (secondary N) is 1. The zero-order chi connectivity index (χ0) is 59.8. The van der Waals surface area contributed by atoms with Gasteiger partial charge in [0.25, 0.3) is 7.82 Å². The van der Waals surface area contributed by atoms with Gasteiger partial charge in [-0.2, -0.15) is 0 Å². The molecule has 0 fully saturated rings. The average Bonchev–Trinajstić information content (AvgIpc) is 3.46. The molecule has 0 saturated heterocycles. The molecule has 0 aromatic rings. The topological polar surface area (TPSA) is 108 Å². The summed E-state index contributed by atoms with van der Waals surface area (Å²) in [6.07, 6.45) is 93.0. The van der Waals surface area contributed by atoms with Gasteiger partial charge in [0.15, 0.2) is 0 Å². The molecule has 0 aliphatic heterocycles. The zero-order valence-electron chi connectivity index (χ0n) is 53.9. The maximum absolute atomic E-state index is 13.0. The van der Waals surface area contributed by atoms with Crippen molar-refractivity contribution in [2.45, 2.75) is 296 Å². The van der Waals surface area contributed by atoms with Gasteiger partial charge in [0.2, 0.25) is 5.91 Å². The van der Waals surface area contributed by atoms with E-state index in [0.29, 0.717) is 17.4 Å². The van der Waals surface area contributed by atoms with E-state index < -0.39 is 20.0 Å². The third-order valence-corrected chi connectivity index (χ3v) is 15.6. The molecule has 8 nitrogen and oxygen atoms in total. The lowest BCUT2D eigenvalue weighted by Crippen LogP contribution is -2.45. The molecule has 0 heterocycles. The molecule has 472 valence electrons. The van der Waals surface area contributed by atoms with Crippen LogP contribution in [0.2, 0.25) is 0 Å². The van der Waals surface area contributed by atoms with Crippen LogP contribution in [-0.4, -0.2) is 68.5 Å². The highest BCUT2D eigenvalue weighted by Crippen LogP contribution is 2.38. The second-order valence-corrected chi connectivity index (χ2v) is 25.2. The van der Waals surface area contributed by atoms with E-state index in [4.69, 9.17) is 9.05 Å². The van der Waals surface area contributed by atoms with E-state index in [-0.39, 0.29) is 19.1 Å². The molecule has 2 N–H and O–H groups in total. The van der Waals surface area contributed by atoms with Gasteiger partial charge in [0.1, 0.15) is 13.2 Å². The molecule has 3 atom stereocenters. The van der Waals surface area contributed by atoms with Gasteiger partial charge < -0.3 is 28.8 Å². The van der Waals surface area contributed by atoms with E-state index in [1.807, 2.05) is 27.2 Å². The Morgan fingerprint density at radius 2 is 0.744 bits per heavy atom. The van der Waals surface area contributed by atoms with Crippen molar-refractivity contribution >= 4 is 13.7 Å². The van der Waals surface area contributed by atoms with E-state index in [0.717, 1.165) is 103 Å². The summed E-state index contributed by atoms with van der Waals surface area (Å²) < 4.78 is 23.4. The third kappa shape index (κ3) is 64.5. The number of rotatable bonds is 61. The largest absolute Gasteiger partial charge is 0.756 e. The first-order valence-electron chi connectivity index (χ1n) is 33.9. The van der Waals surface area contributed by atoms with E-state index in [9.17, 15) is 19.4 Å². The first-order chi connectivity index (χ1) is 40.0. The van der Waals surface area contributed by atoms with Crippen LogP contribution in [-0.2, 0) is 18.4 Å². The number of phosphoric acid groups is 1. The Labute approximate surface area is 507 Å². The fourth-order valence-electron chi connectivity index (χ4n) is 9.44. The number of quaternary nitrogens is 1. The molecule has 0 aliphatic rings. The number of likely N-dealkylation sites (N-methyl/N-ethyl adjacent to an activating group) is 1. The molecule has 0 bridgehead atoms. The monoisotopic (exact) mass is 1160 g/mol. The number of hydrogen-bond acceptors (Lipinski definition) is 6. The first kappa shape index (κ1) is 78.9. The lowest BCUT2D eigenvalue weighted by atomic mass is 10.0. The molecule has 0 rings (SSSR count). The van der Waals surface area contributed by atoms with Gasteiger partial charge in [-0.15, -0.1) is 0 Å². The van der Waals surface area contributed by atoms with Crippen LogP contribution in [0.5, 0.6) is 0 Å². The van der Waals surface area contributed by atoms with Crippen LogP contribution in [0.4, 0.5) is 0 Å². The Hall–Kier alpha value is -3.10. The van der Waals surface area contributed by atoms with Crippen molar-refractivity contribution in [2.24, 2.45) is 0 Å². The van der Waals surface area contributed by atoms with Gasteiger partial charge >= 0.3 is 0 Å². The van der Waals surface area contributed by atoms with Gasteiger partial charge in [-0.25, -0.2) is 0 Å². The Morgan fingerprint density at radius 1 is 0.439 bits per heavy atom. The number of carbonyl (C=O) groups excluding carboxylic acids is 1. The second-order valence-electron chi connectivity index (χ2n) is 23.8. The Bertz CT molecular complexity index is 1750. The van der Waals surface area contributed by atoms with Crippen molar-refractivity contribution < 1.29 is 32.9 Å². The SMILES string of the molecule is CC/C=C\C/C=C\C/C=C\C/C=C\C/C=C\C/C=C\C/C=C\C/C=C\C/C=C\CCCCCCCCCCCCCC(=O)NC(COP(=O)([O-])OCC[N+](C)(C)C)C(O)/C=C/CCCCCCCCCCCCCCCCCCCCC. The van der Waals surface area contributed by atoms with Crippen molar-refractivity contribution in [3.8, 4) is 0 Å². The van der Waals surface area contributed by atoms with Crippen LogP contribution in [0.25, 0.3) is 0 Å². The number of aliphatic hydroxyl groups excluding tert-OH is 1. The number of aliphatic hydroxyl groups is 1. The van der Waals surface area contributed by atoms with Gasteiger partial charge in [0, 0.05) is 6.42 Å². The van der Waals surface area contributed by atoms with Crippen molar-refractivity contribution in [3.63, 3.8) is 0 Å². The molecule has 0 aromatic carbocycles. The molecule has 0 aliphatic carbocycles. The summed E-state index contributed by atoms with van der Waals surface area (Å²) in [6.45, 7) is 4.55. The van der Waals surface area contributed by atoms with Crippen LogP contribution in [0.15, 0.2) is 122 Å². The highest BCUT2D eigenvalue weighted by atomic mass is 31.2. The molecular weight excluding hydrogens is 1030 g/mol. The van der Waals surface area contributed by atoms with Crippen LogP contribution < -0.4 is 10.2 Å². The van der Waals surface area contributed by atoms with Crippen LogP contribution in [0, 0.1) is 0 Å². The van der Waals surface area contributed by atoms with Crippen LogP contribution >= 0.6 is 7.82 Å². The van der Waals surface area contributed by atoms with E-state index in [1.54, 1.807) is 6.08 Å². The second kappa shape index (κ2) is 62.4. The quantitative estimate of drug-likeness (QED) is 0.0272. The molecule has 9 heteroatoms. The number of unbranched alkanes of at least 4 members (excludes halogenated alkanes) is 30. The standard InChI is InChI=1S/C73H129N2O6P/c1-6-8-10-12-14-16-18-20-22-24-26-28-29-30-31-32-33-34-35-36-37-38-39-40-41-42-43-44-45-47-49-51-53-55-57-59-61-63-65-67-73(77)74-71(70-81-82(78,79)80-69-68-75(3,4)5)72(76)66-64-62-60-58-56-54-52-50-48-46-27-25-23-21-19-17-15-13-11-9-7-2/h8,10,14,16,20,22,26,28,30-31,33-34,36-37,39-40,42-43,64,66,71-72,76H,6-7,9,11-13,15,17-19,21,23-25,27,29,32,35,38,41,44-63,65,67-70H2,1-5H3,(H-,74,77,78,79)/b10-8-,16-14-,22-20-,28-26-,31-30-,34-33-,37-36-,40-39-,43-42-,66-64+. The zero-order valence-corrected chi connectivity index (χ0v) is 54.8. The highest BCUT2D eigenvalue weighted by molar-refractivity contribution is 7.45. The van der Waals surface area contributed by atoms with Gasteiger partial charge in [-0.3, -0.25) is 9.36 Å². The number of carbonyl (C=O) groups is 1. The maximum atomic E-state index is 13.0. The van der Waals surface area contributed by atoms with Crippen LogP contribution in [0.1, 0.15) is 284 Å². The van der Waals surface area contributed by atoms with Crippen molar-refractivity contribution in [3.05, 3.63) is 122 Å². The minimum atomic E-state index is -4.61. The van der Waals surface area contributed by atoms with Crippen molar-refractivity contribution in [1.82, 2.24) is 5.32 Å². The first-order valence-corrected chi connectivity index (χ1v) is 35.4. The summed E-state index contributed by atoms with van der Waals surface area (Å²) in [6, 6.07) is -0.897. The van der Waals surface area contributed by atoms with E-state index >= 15 is 0 Å². The Balaban J connectivity index is 4.11. The highest BCUT2D eigenvalue weighted by Gasteiger charge is 2.23. The number of phosphoric ester groups is 1. The lowest BCUT2D eigenvalue weighted by molar-refractivity contribution is -0.870. The van der Waals surface area contributed by atoms with Gasteiger partial charge in [0.05, 0.1) is 39.9 Å². The summed E-state index contributed by atoms with van der Waals surface area (Å²) in [5.74, 6) is -0.203. The summed E-state index contributed by atoms with van der Waals surface area (Å²) in [4.78, 5) is 25.6. The third-order valence-electron chi connectivity index (χ3n) is 14.7. The minimum absolute atomic E-state index is 0.00595. The average molecular weight is 1160 g/mol. The maximum Gasteiger partial charge on any atom is 0.268 e. The molecule has 0 aromatic heterocycles. The summed E-state index contributed by atoms with van der Waals surface area (Å²) >= 11 is 0. The predicted molar refractivity (Wildman–Crippen MR) is 357 cm³/mol. The number of hydrogen-bond donors (Lipinski definition) is 2. The van der Waals surface area contributed by atoms with Gasteiger partial charge in [-0.05, 0) is 89.9 Å². The lowest BCUT2D eigenvalue weighted by Gasteiger charge is -2.29. The van der Waals surface area contributed by atoms with Crippen LogP contribution in [0.3, 0.4) is 0 Å². The Morgan fingerprint density at radius 3 is 1.09 bits per heavy atom. The predicted octanol–water partition coefficient (Wildman–Crippen LogP) is 21.0.